The largest absolute Gasteiger partial charge is 0.396 e. The van der Waals surface area contributed by atoms with Gasteiger partial charge in [0.2, 0.25) is 5.91 Å². The van der Waals surface area contributed by atoms with Gasteiger partial charge in [0.15, 0.2) is 0 Å². The summed E-state index contributed by atoms with van der Waals surface area (Å²) in [5.41, 5.74) is 1.61. The van der Waals surface area contributed by atoms with Gasteiger partial charge in [0, 0.05) is 50.0 Å². The maximum atomic E-state index is 13.0. The van der Waals surface area contributed by atoms with E-state index in [-0.39, 0.29) is 18.4 Å². The fraction of sp³-hybridized carbons (Fsp3) is 0.722. The fourth-order valence-electron chi connectivity index (χ4n) is 4.00. The molecule has 25 heavy (non-hydrogen) atoms. The highest BCUT2D eigenvalue weighted by Gasteiger charge is 2.53. The van der Waals surface area contributed by atoms with Crippen LogP contribution in [0.4, 0.5) is 5.82 Å². The Kier molecular flexibility index (Phi) is 5.24. The molecular formula is C18H28N4O3. The van der Waals surface area contributed by atoms with Crippen molar-refractivity contribution in [3.8, 4) is 0 Å². The van der Waals surface area contributed by atoms with Crippen molar-refractivity contribution < 1.29 is 14.6 Å². The highest BCUT2D eigenvalue weighted by atomic mass is 16.5. The van der Waals surface area contributed by atoms with E-state index in [2.05, 4.69) is 20.2 Å². The molecule has 2 aliphatic rings. The molecule has 0 radical (unpaired) electrons. The molecule has 0 aromatic carbocycles. The number of anilines is 1. The zero-order chi connectivity index (χ0) is 18.0. The van der Waals surface area contributed by atoms with E-state index in [1.54, 1.807) is 0 Å². The average molecular weight is 348 g/mol. The lowest BCUT2D eigenvalue weighted by Crippen LogP contribution is -2.50. The van der Waals surface area contributed by atoms with E-state index in [4.69, 9.17) is 9.84 Å². The number of ether oxygens (including phenoxy) is 1. The van der Waals surface area contributed by atoms with Crippen LogP contribution in [-0.2, 0) is 9.53 Å². The van der Waals surface area contributed by atoms with E-state index >= 15 is 0 Å². The molecule has 0 spiro atoms. The first kappa shape index (κ1) is 18.1. The number of nitrogens with zero attached hydrogens (tertiary/aromatic N) is 3. The molecule has 0 saturated carbocycles. The number of aliphatic hydroxyl groups is 1. The van der Waals surface area contributed by atoms with Crippen LogP contribution in [-0.4, -0.2) is 60.4 Å². The third-order valence-corrected chi connectivity index (χ3v) is 5.55. The number of carbonyl (C=O) groups excluding carboxylic acids is 1. The number of aromatic nitrogens is 2. The van der Waals surface area contributed by atoms with Gasteiger partial charge in [-0.2, -0.15) is 0 Å². The number of hydrogen-bond donors (Lipinski definition) is 2. The first-order chi connectivity index (χ1) is 12.0. The first-order valence-electron chi connectivity index (χ1n) is 9.01. The minimum absolute atomic E-state index is 0.0805. The molecule has 1 aromatic rings. The van der Waals surface area contributed by atoms with Crippen molar-refractivity contribution in [2.45, 2.75) is 33.6 Å². The molecule has 0 bridgehead atoms. The summed E-state index contributed by atoms with van der Waals surface area (Å²) in [6.45, 7) is 9.17. The van der Waals surface area contributed by atoms with Gasteiger partial charge in [-0.05, 0) is 33.6 Å². The number of nitrogens with one attached hydrogen (secondary N) is 1. The van der Waals surface area contributed by atoms with E-state index in [1.165, 1.54) is 0 Å². The molecule has 1 aromatic heterocycles. The quantitative estimate of drug-likeness (QED) is 0.764. The SMILES string of the molecule is Cc1nc(C)c(C)c(N2CC3COCCC3(C(=O)NCCCO)C2)n1. The number of carbonyl (C=O) groups is 1. The molecule has 2 unspecified atom stereocenters. The molecule has 138 valence electrons. The van der Waals surface area contributed by atoms with Crippen molar-refractivity contribution in [3.63, 3.8) is 0 Å². The Labute approximate surface area is 148 Å². The number of aryl methyl sites for hydroxylation is 2. The molecule has 7 heteroatoms. The van der Waals surface area contributed by atoms with Crippen molar-refractivity contribution in [1.29, 1.82) is 0 Å². The maximum Gasteiger partial charge on any atom is 0.228 e. The molecule has 3 rings (SSSR count). The number of hydrogen-bond acceptors (Lipinski definition) is 6. The lowest BCUT2D eigenvalue weighted by atomic mass is 9.73. The Morgan fingerprint density at radius 2 is 2.20 bits per heavy atom. The minimum Gasteiger partial charge on any atom is -0.396 e. The minimum atomic E-state index is -0.438. The molecular weight excluding hydrogens is 320 g/mol. The molecule has 7 nitrogen and oxygen atoms in total. The second kappa shape index (κ2) is 7.25. The smallest absolute Gasteiger partial charge is 0.228 e. The zero-order valence-electron chi connectivity index (χ0n) is 15.3. The first-order valence-corrected chi connectivity index (χ1v) is 9.01. The van der Waals surface area contributed by atoms with Gasteiger partial charge in [-0.1, -0.05) is 0 Å². The highest BCUT2D eigenvalue weighted by molar-refractivity contribution is 5.85. The van der Waals surface area contributed by atoms with Crippen molar-refractivity contribution in [3.05, 3.63) is 17.1 Å². The standard InChI is InChI=1S/C18H28N4O3/c1-12-13(2)20-14(3)21-16(12)22-9-15-10-25-8-5-18(15,11-22)17(24)19-6-4-7-23/h15,23H,4-11H2,1-3H3,(H,19,24). The molecule has 0 aliphatic carbocycles. The highest BCUT2D eigenvalue weighted by Crippen LogP contribution is 2.44. The van der Waals surface area contributed by atoms with Crippen LogP contribution in [0.25, 0.3) is 0 Å². The van der Waals surface area contributed by atoms with E-state index in [1.807, 2.05) is 20.8 Å². The van der Waals surface area contributed by atoms with Gasteiger partial charge in [-0.25, -0.2) is 9.97 Å². The Hall–Kier alpha value is -1.73. The Morgan fingerprint density at radius 3 is 2.96 bits per heavy atom. The molecule has 2 fully saturated rings. The van der Waals surface area contributed by atoms with E-state index in [0.29, 0.717) is 32.7 Å². The number of amides is 1. The number of aliphatic hydroxyl groups excluding tert-OH is 1. The van der Waals surface area contributed by atoms with Gasteiger partial charge in [-0.3, -0.25) is 4.79 Å². The van der Waals surface area contributed by atoms with Crippen molar-refractivity contribution in [1.82, 2.24) is 15.3 Å². The van der Waals surface area contributed by atoms with Gasteiger partial charge >= 0.3 is 0 Å². The van der Waals surface area contributed by atoms with Crippen LogP contribution in [0.5, 0.6) is 0 Å². The van der Waals surface area contributed by atoms with Gasteiger partial charge in [-0.15, -0.1) is 0 Å². The predicted octanol–water partition coefficient (Wildman–Crippen LogP) is 0.743. The lowest BCUT2D eigenvalue weighted by molar-refractivity contribution is -0.139. The summed E-state index contributed by atoms with van der Waals surface area (Å²) in [6.07, 6.45) is 1.30. The van der Waals surface area contributed by atoms with Crippen LogP contribution in [0.15, 0.2) is 0 Å². The zero-order valence-corrected chi connectivity index (χ0v) is 15.3. The van der Waals surface area contributed by atoms with Gasteiger partial charge in [0.05, 0.1) is 12.0 Å². The van der Waals surface area contributed by atoms with Crippen LogP contribution in [0, 0.1) is 32.1 Å². The summed E-state index contributed by atoms with van der Waals surface area (Å²) < 4.78 is 5.67. The van der Waals surface area contributed by atoms with Crippen molar-refractivity contribution in [2.24, 2.45) is 11.3 Å². The second-order valence-corrected chi connectivity index (χ2v) is 7.20. The summed E-state index contributed by atoms with van der Waals surface area (Å²) in [7, 11) is 0. The van der Waals surface area contributed by atoms with Gasteiger partial charge in [0.1, 0.15) is 11.6 Å². The molecule has 2 N–H and O–H groups in total. The Balaban J connectivity index is 1.86. The predicted molar refractivity (Wildman–Crippen MR) is 94.5 cm³/mol. The molecule has 2 saturated heterocycles. The number of rotatable bonds is 5. The van der Waals surface area contributed by atoms with E-state index < -0.39 is 5.41 Å². The average Bonchev–Trinajstić information content (AvgIpc) is 2.99. The Bertz CT molecular complexity index is 651. The summed E-state index contributed by atoms with van der Waals surface area (Å²) in [4.78, 5) is 24.3. The monoisotopic (exact) mass is 348 g/mol. The van der Waals surface area contributed by atoms with Crippen molar-refractivity contribution in [2.75, 3.05) is 44.4 Å². The molecule has 2 atom stereocenters. The van der Waals surface area contributed by atoms with E-state index in [0.717, 1.165) is 35.9 Å². The lowest BCUT2D eigenvalue weighted by Gasteiger charge is -2.36. The van der Waals surface area contributed by atoms with Crippen LogP contribution >= 0.6 is 0 Å². The van der Waals surface area contributed by atoms with Gasteiger partial charge < -0.3 is 20.1 Å². The fourth-order valence-corrected chi connectivity index (χ4v) is 4.00. The Morgan fingerprint density at radius 1 is 1.40 bits per heavy atom. The van der Waals surface area contributed by atoms with Crippen LogP contribution < -0.4 is 10.2 Å². The molecule has 3 heterocycles. The van der Waals surface area contributed by atoms with Crippen LogP contribution in [0.2, 0.25) is 0 Å². The van der Waals surface area contributed by atoms with Crippen LogP contribution in [0.3, 0.4) is 0 Å². The second-order valence-electron chi connectivity index (χ2n) is 7.20. The summed E-state index contributed by atoms with van der Waals surface area (Å²) in [5, 5.41) is 12.0. The van der Waals surface area contributed by atoms with E-state index in [9.17, 15) is 4.79 Å². The third kappa shape index (κ3) is 3.35. The summed E-state index contributed by atoms with van der Waals surface area (Å²) >= 11 is 0. The van der Waals surface area contributed by atoms with Crippen LogP contribution in [0.1, 0.15) is 29.9 Å². The molecule has 1 amide bonds. The van der Waals surface area contributed by atoms with Gasteiger partial charge in [0.25, 0.3) is 0 Å². The third-order valence-electron chi connectivity index (χ3n) is 5.55. The number of fused-ring (bicyclic) bond motifs is 1. The normalized spacial score (nSPS) is 25.8. The maximum absolute atomic E-state index is 13.0. The summed E-state index contributed by atoms with van der Waals surface area (Å²) in [6, 6.07) is 0. The van der Waals surface area contributed by atoms with Crippen molar-refractivity contribution >= 4 is 11.7 Å². The topological polar surface area (TPSA) is 87.6 Å². The molecule has 2 aliphatic heterocycles. The summed E-state index contributed by atoms with van der Waals surface area (Å²) in [5.74, 6) is 1.93.